The highest BCUT2D eigenvalue weighted by Crippen LogP contribution is 2.34. The van der Waals surface area contributed by atoms with Crippen LogP contribution in [0.2, 0.25) is 6.04 Å². The van der Waals surface area contributed by atoms with Crippen molar-refractivity contribution in [3.05, 3.63) is 0 Å². The molecule has 0 unspecified atom stereocenters. The fraction of sp³-hybridized carbons (Fsp3) is 1.00. The Bertz CT molecular complexity index is 177. The van der Waals surface area contributed by atoms with Crippen LogP contribution < -0.4 is 0 Å². The molecule has 0 spiro atoms. The van der Waals surface area contributed by atoms with Crippen LogP contribution in [-0.2, 0) is 14.0 Å². The average molecular weight is 242 g/mol. The van der Waals surface area contributed by atoms with Crippen molar-refractivity contribution in [1.82, 2.24) is 0 Å². The van der Waals surface area contributed by atoms with Crippen LogP contribution >= 0.6 is 7.60 Å². The van der Waals surface area contributed by atoms with Crippen molar-refractivity contribution in [2.45, 2.75) is 25.8 Å². The number of rotatable bonds is 8. The van der Waals surface area contributed by atoms with E-state index < -0.39 is 17.1 Å². The second kappa shape index (κ2) is 7.56. The van der Waals surface area contributed by atoms with Gasteiger partial charge in [-0.2, -0.15) is 0 Å². The molecule has 0 aliphatic rings. The summed E-state index contributed by atoms with van der Waals surface area (Å²) >= 11 is 0. The van der Waals surface area contributed by atoms with E-state index in [4.69, 9.17) is 19.3 Å². The molecular weight excluding hydrogens is 223 g/mol. The van der Waals surface area contributed by atoms with E-state index in [9.17, 15) is 4.57 Å². The van der Waals surface area contributed by atoms with E-state index in [0.717, 1.165) is 0 Å². The maximum absolute atomic E-state index is 10.6. The van der Waals surface area contributed by atoms with E-state index in [-0.39, 0.29) is 12.1 Å². The van der Waals surface area contributed by atoms with E-state index in [1.807, 2.05) is 13.8 Å². The molecule has 0 heterocycles. The van der Waals surface area contributed by atoms with Crippen molar-refractivity contribution < 1.29 is 23.8 Å². The molecule has 7 heteroatoms. The zero-order valence-electron chi connectivity index (χ0n) is 8.68. The van der Waals surface area contributed by atoms with Gasteiger partial charge in [0.15, 0.2) is 0 Å². The third-order valence-corrected chi connectivity index (χ3v) is 4.79. The smallest absolute Gasteiger partial charge is 0.325 e. The highest BCUT2D eigenvalue weighted by Gasteiger charge is 2.15. The lowest BCUT2D eigenvalue weighted by molar-refractivity contribution is -0.0826. The molecule has 0 radical (unpaired) electrons. The highest BCUT2D eigenvalue weighted by molar-refractivity contribution is 7.51. The molecule has 5 nitrogen and oxygen atoms in total. The summed E-state index contributed by atoms with van der Waals surface area (Å²) in [7, 11) is -4.55. The summed E-state index contributed by atoms with van der Waals surface area (Å²) in [4.78, 5) is 17.3. The minimum atomic E-state index is -3.84. The normalized spacial score (nSPS) is 13.2. The molecule has 0 aromatic rings. The van der Waals surface area contributed by atoms with Crippen LogP contribution in [0.4, 0.5) is 0 Å². The van der Waals surface area contributed by atoms with Crippen LogP contribution in [-0.4, -0.2) is 44.6 Å². The van der Waals surface area contributed by atoms with Crippen LogP contribution in [0.15, 0.2) is 0 Å². The summed E-state index contributed by atoms with van der Waals surface area (Å²) in [5.74, 6) is -0.198. The van der Waals surface area contributed by atoms with Gasteiger partial charge in [-0.05, 0) is 19.9 Å². The van der Waals surface area contributed by atoms with E-state index in [1.54, 1.807) is 0 Å². The Morgan fingerprint density at radius 3 is 2.14 bits per heavy atom. The molecule has 0 aromatic heterocycles. The molecule has 0 saturated heterocycles. The molecule has 0 amide bonds. The average Bonchev–Trinajstić information content (AvgIpc) is 2.02. The largest absolute Gasteiger partial charge is 0.357 e. The van der Waals surface area contributed by atoms with Gasteiger partial charge < -0.3 is 19.3 Å². The lowest BCUT2D eigenvalue weighted by Gasteiger charge is -2.16. The zero-order valence-corrected chi connectivity index (χ0v) is 11.0. The molecule has 0 atom stereocenters. The fourth-order valence-corrected chi connectivity index (χ4v) is 4.57. The van der Waals surface area contributed by atoms with Gasteiger partial charge in [0.05, 0.1) is 9.52 Å². The summed E-state index contributed by atoms with van der Waals surface area (Å²) in [6, 6.07) is 0.551. The SMILES string of the molecule is CCOC(OCC)[SiH2]CCP(=O)(O)O. The van der Waals surface area contributed by atoms with Gasteiger partial charge in [-0.25, -0.2) is 0 Å². The first kappa shape index (κ1) is 14.3. The third-order valence-electron chi connectivity index (χ3n) is 1.59. The van der Waals surface area contributed by atoms with Gasteiger partial charge in [0.1, 0.15) is 5.91 Å². The third kappa shape index (κ3) is 8.87. The predicted molar refractivity (Wildman–Crippen MR) is 57.3 cm³/mol. The summed E-state index contributed by atoms with van der Waals surface area (Å²) in [5, 5.41) is 0. The monoisotopic (exact) mass is 242 g/mol. The molecule has 0 aromatic carbocycles. The standard InChI is InChI=1S/C7H19O5PSi/c1-3-11-7(12-4-2)14-6-5-13(8,9)10/h7H,3-6,14H2,1-2H3,(H2,8,9,10). The van der Waals surface area contributed by atoms with Crippen LogP contribution in [0.1, 0.15) is 13.8 Å². The van der Waals surface area contributed by atoms with Crippen LogP contribution in [0, 0.1) is 0 Å². The van der Waals surface area contributed by atoms with Crippen LogP contribution in [0.25, 0.3) is 0 Å². The molecule has 0 fully saturated rings. The molecule has 0 bridgehead atoms. The Labute approximate surface area is 86.8 Å². The second-order valence-corrected chi connectivity index (χ2v) is 6.60. The Kier molecular flexibility index (Phi) is 7.72. The van der Waals surface area contributed by atoms with Crippen molar-refractivity contribution in [2.24, 2.45) is 0 Å². The van der Waals surface area contributed by atoms with Crippen molar-refractivity contribution in [3.8, 4) is 0 Å². The zero-order chi connectivity index (χ0) is 11.0. The first-order valence-corrected chi connectivity index (χ1v) is 8.38. The fourth-order valence-electron chi connectivity index (χ4n) is 1.05. The summed E-state index contributed by atoms with van der Waals surface area (Å²) < 4.78 is 21.1. The Morgan fingerprint density at radius 1 is 1.29 bits per heavy atom. The molecule has 14 heavy (non-hydrogen) atoms. The quantitative estimate of drug-likeness (QED) is 0.359. The molecule has 0 saturated carbocycles. The number of hydrogen-bond acceptors (Lipinski definition) is 3. The molecule has 0 aliphatic heterocycles. The van der Waals surface area contributed by atoms with Crippen molar-refractivity contribution in [1.29, 1.82) is 0 Å². The minimum Gasteiger partial charge on any atom is -0.357 e. The minimum absolute atomic E-state index is 0.0458. The van der Waals surface area contributed by atoms with Crippen LogP contribution in [0.5, 0.6) is 0 Å². The Morgan fingerprint density at radius 2 is 1.79 bits per heavy atom. The summed E-state index contributed by atoms with van der Waals surface area (Å²) in [6.45, 7) is 4.91. The van der Waals surface area contributed by atoms with Crippen molar-refractivity contribution >= 4 is 17.1 Å². The molecular formula is C7H19O5PSi. The maximum atomic E-state index is 10.6. The number of hydrogen-bond donors (Lipinski definition) is 2. The lowest BCUT2D eigenvalue weighted by Crippen LogP contribution is -2.25. The predicted octanol–water partition coefficient (Wildman–Crippen LogP) is 0.108. The van der Waals surface area contributed by atoms with E-state index in [2.05, 4.69) is 0 Å². The first-order chi connectivity index (χ1) is 6.49. The highest BCUT2D eigenvalue weighted by atomic mass is 31.2. The van der Waals surface area contributed by atoms with Gasteiger partial charge in [-0.3, -0.25) is 4.57 Å². The van der Waals surface area contributed by atoms with Gasteiger partial charge in [0.25, 0.3) is 0 Å². The molecule has 0 aliphatic carbocycles. The maximum Gasteiger partial charge on any atom is 0.325 e. The van der Waals surface area contributed by atoms with Crippen molar-refractivity contribution in [2.75, 3.05) is 19.4 Å². The Hall–Kier alpha value is 0.287. The van der Waals surface area contributed by atoms with Gasteiger partial charge in [0, 0.05) is 19.4 Å². The molecule has 86 valence electrons. The topological polar surface area (TPSA) is 76.0 Å². The van der Waals surface area contributed by atoms with E-state index in [0.29, 0.717) is 19.3 Å². The van der Waals surface area contributed by atoms with Gasteiger partial charge in [-0.1, -0.05) is 0 Å². The Balaban J connectivity index is 3.65. The first-order valence-electron chi connectivity index (χ1n) is 4.77. The van der Waals surface area contributed by atoms with Gasteiger partial charge in [0.2, 0.25) is 0 Å². The van der Waals surface area contributed by atoms with Crippen LogP contribution in [0.3, 0.4) is 0 Å². The van der Waals surface area contributed by atoms with E-state index in [1.165, 1.54) is 0 Å². The lowest BCUT2D eigenvalue weighted by atomic mass is 10.8. The summed E-state index contributed by atoms with van der Waals surface area (Å²) in [5.41, 5.74) is 0. The summed E-state index contributed by atoms with van der Waals surface area (Å²) in [6.07, 6.45) is -0.0458. The molecule has 2 N–H and O–H groups in total. The van der Waals surface area contributed by atoms with Gasteiger partial charge >= 0.3 is 7.60 Å². The van der Waals surface area contributed by atoms with E-state index >= 15 is 0 Å². The number of ether oxygens (including phenoxy) is 2. The molecule has 0 rings (SSSR count). The van der Waals surface area contributed by atoms with Gasteiger partial charge in [-0.15, -0.1) is 0 Å². The van der Waals surface area contributed by atoms with Crippen molar-refractivity contribution in [3.63, 3.8) is 0 Å². The second-order valence-electron chi connectivity index (χ2n) is 2.87.